The Hall–Kier alpha value is -1.35. The van der Waals surface area contributed by atoms with E-state index in [1.807, 2.05) is 4.90 Å². The van der Waals surface area contributed by atoms with Gasteiger partial charge >= 0.3 is 0 Å². The fourth-order valence-corrected chi connectivity index (χ4v) is 3.61. The molecule has 0 saturated carbocycles. The number of likely N-dealkylation sites (tertiary alicyclic amines) is 1. The van der Waals surface area contributed by atoms with Gasteiger partial charge in [0.1, 0.15) is 0 Å². The van der Waals surface area contributed by atoms with Crippen LogP contribution in [0.15, 0.2) is 24.3 Å². The zero-order chi connectivity index (χ0) is 14.7. The monoisotopic (exact) mass is 286 g/mol. The molecule has 1 fully saturated rings. The fourth-order valence-electron chi connectivity index (χ4n) is 3.61. The minimum Gasteiger partial charge on any atom is -0.338 e. The number of nitrogens with zero attached hydrogens (tertiary/aromatic N) is 2. The van der Waals surface area contributed by atoms with Crippen molar-refractivity contribution >= 4 is 5.91 Å². The average Bonchev–Trinajstić information content (AvgIpc) is 2.52. The van der Waals surface area contributed by atoms with Crippen LogP contribution in [-0.4, -0.2) is 41.9 Å². The van der Waals surface area contributed by atoms with Gasteiger partial charge in [0.05, 0.1) is 0 Å². The van der Waals surface area contributed by atoms with Crippen LogP contribution in [0.3, 0.4) is 0 Å². The highest BCUT2D eigenvalue weighted by molar-refractivity contribution is 5.76. The van der Waals surface area contributed by atoms with Crippen LogP contribution in [0.2, 0.25) is 0 Å². The summed E-state index contributed by atoms with van der Waals surface area (Å²) in [7, 11) is 0. The second kappa shape index (κ2) is 6.61. The summed E-state index contributed by atoms with van der Waals surface area (Å²) >= 11 is 0. The number of hydrogen-bond donors (Lipinski definition) is 0. The Balaban J connectivity index is 1.50. The molecule has 1 saturated heterocycles. The Kier molecular flexibility index (Phi) is 4.59. The van der Waals surface area contributed by atoms with E-state index in [-0.39, 0.29) is 0 Å². The van der Waals surface area contributed by atoms with Crippen LogP contribution in [0, 0.1) is 5.92 Å². The minimum absolute atomic E-state index is 0.322. The number of benzene rings is 1. The molecular weight excluding hydrogens is 260 g/mol. The van der Waals surface area contributed by atoms with Crippen LogP contribution in [0.5, 0.6) is 0 Å². The van der Waals surface area contributed by atoms with E-state index in [2.05, 4.69) is 36.1 Å². The second-order valence-corrected chi connectivity index (χ2v) is 6.63. The van der Waals surface area contributed by atoms with Crippen molar-refractivity contribution in [3.63, 3.8) is 0 Å². The summed E-state index contributed by atoms with van der Waals surface area (Å²) in [5, 5.41) is 0. The van der Waals surface area contributed by atoms with Gasteiger partial charge in [-0.1, -0.05) is 31.2 Å². The Bertz CT molecular complexity index is 500. The first-order valence-electron chi connectivity index (χ1n) is 8.29. The molecule has 1 atom stereocenters. The van der Waals surface area contributed by atoms with Gasteiger partial charge in [-0.3, -0.25) is 4.79 Å². The molecule has 0 aromatic heterocycles. The number of carbonyl (C=O) groups is 1. The Morgan fingerprint density at radius 3 is 2.86 bits per heavy atom. The molecule has 1 unspecified atom stereocenters. The van der Waals surface area contributed by atoms with Crippen LogP contribution in [-0.2, 0) is 17.8 Å². The Morgan fingerprint density at radius 1 is 1.24 bits per heavy atom. The minimum atomic E-state index is 0.322. The molecule has 0 aliphatic carbocycles. The van der Waals surface area contributed by atoms with Gasteiger partial charge < -0.3 is 9.80 Å². The molecule has 3 nitrogen and oxygen atoms in total. The number of piperidine rings is 1. The smallest absolute Gasteiger partial charge is 0.224 e. The maximum Gasteiger partial charge on any atom is 0.224 e. The molecule has 114 valence electrons. The van der Waals surface area contributed by atoms with E-state index in [1.165, 1.54) is 30.5 Å². The van der Waals surface area contributed by atoms with Crippen molar-refractivity contribution in [3.05, 3.63) is 35.4 Å². The summed E-state index contributed by atoms with van der Waals surface area (Å²) in [6.45, 7) is 7.26. The van der Waals surface area contributed by atoms with Gasteiger partial charge in [0.15, 0.2) is 0 Å². The number of hydrogen-bond acceptors (Lipinski definition) is 2. The van der Waals surface area contributed by atoms with Gasteiger partial charge in [0, 0.05) is 32.6 Å². The summed E-state index contributed by atoms with van der Waals surface area (Å²) in [4.78, 5) is 16.9. The van der Waals surface area contributed by atoms with Crippen molar-refractivity contribution < 1.29 is 4.79 Å². The zero-order valence-electron chi connectivity index (χ0n) is 13.1. The topological polar surface area (TPSA) is 23.6 Å². The van der Waals surface area contributed by atoms with Crippen LogP contribution in [0.1, 0.15) is 37.3 Å². The van der Waals surface area contributed by atoms with E-state index < -0.39 is 0 Å². The summed E-state index contributed by atoms with van der Waals surface area (Å²) in [6.07, 6.45) is 4.30. The third kappa shape index (κ3) is 3.65. The standard InChI is InChI=1S/C18H26N2O/c1-15-5-4-10-19(13-15)11-9-18(21)20-12-8-16-6-2-3-7-17(16)14-20/h2-3,6-7,15H,4-5,8-14H2,1H3. The molecule has 2 aliphatic heterocycles. The second-order valence-electron chi connectivity index (χ2n) is 6.63. The number of rotatable bonds is 3. The van der Waals surface area contributed by atoms with Gasteiger partial charge in [-0.05, 0) is 42.9 Å². The highest BCUT2D eigenvalue weighted by Gasteiger charge is 2.22. The van der Waals surface area contributed by atoms with Crippen LogP contribution < -0.4 is 0 Å². The van der Waals surface area contributed by atoms with Crippen molar-refractivity contribution in [3.8, 4) is 0 Å². The Morgan fingerprint density at radius 2 is 2.05 bits per heavy atom. The van der Waals surface area contributed by atoms with E-state index in [4.69, 9.17) is 0 Å². The number of amides is 1. The van der Waals surface area contributed by atoms with Gasteiger partial charge in [0.25, 0.3) is 0 Å². The zero-order valence-corrected chi connectivity index (χ0v) is 13.1. The van der Waals surface area contributed by atoms with Crippen molar-refractivity contribution in [2.24, 2.45) is 5.92 Å². The third-order valence-electron chi connectivity index (χ3n) is 4.87. The normalized spacial score (nSPS) is 22.9. The van der Waals surface area contributed by atoms with Gasteiger partial charge in [-0.15, -0.1) is 0 Å². The van der Waals surface area contributed by atoms with Crippen molar-refractivity contribution in [2.45, 2.75) is 39.2 Å². The van der Waals surface area contributed by atoms with Crippen LogP contribution >= 0.6 is 0 Å². The molecule has 0 radical (unpaired) electrons. The number of fused-ring (bicyclic) bond motifs is 1. The summed E-state index contributed by atoms with van der Waals surface area (Å²) < 4.78 is 0. The van der Waals surface area contributed by atoms with E-state index in [9.17, 15) is 4.79 Å². The predicted octanol–water partition coefficient (Wildman–Crippen LogP) is 2.69. The molecular formula is C18H26N2O. The lowest BCUT2D eigenvalue weighted by Gasteiger charge is -2.32. The van der Waals surface area contributed by atoms with Crippen molar-refractivity contribution in [1.82, 2.24) is 9.80 Å². The van der Waals surface area contributed by atoms with Crippen LogP contribution in [0.4, 0.5) is 0 Å². The largest absolute Gasteiger partial charge is 0.338 e. The lowest BCUT2D eigenvalue weighted by atomic mass is 9.99. The third-order valence-corrected chi connectivity index (χ3v) is 4.87. The van der Waals surface area contributed by atoms with E-state index in [0.29, 0.717) is 12.3 Å². The highest BCUT2D eigenvalue weighted by atomic mass is 16.2. The molecule has 0 N–H and O–H groups in total. The van der Waals surface area contributed by atoms with Gasteiger partial charge in [-0.2, -0.15) is 0 Å². The van der Waals surface area contributed by atoms with Crippen LogP contribution in [0.25, 0.3) is 0 Å². The summed E-state index contributed by atoms with van der Waals surface area (Å²) in [5.74, 6) is 1.11. The highest BCUT2D eigenvalue weighted by Crippen LogP contribution is 2.20. The maximum atomic E-state index is 12.4. The molecule has 21 heavy (non-hydrogen) atoms. The van der Waals surface area contributed by atoms with Gasteiger partial charge in [0.2, 0.25) is 5.91 Å². The molecule has 3 rings (SSSR count). The van der Waals surface area contributed by atoms with Gasteiger partial charge in [-0.25, -0.2) is 0 Å². The SMILES string of the molecule is CC1CCCN(CCC(=O)N2CCc3ccccc3C2)C1. The van der Waals surface area contributed by atoms with E-state index >= 15 is 0 Å². The molecule has 1 aromatic carbocycles. The fraction of sp³-hybridized carbons (Fsp3) is 0.611. The molecule has 2 heterocycles. The van der Waals surface area contributed by atoms with Crippen molar-refractivity contribution in [2.75, 3.05) is 26.2 Å². The number of carbonyl (C=O) groups excluding carboxylic acids is 1. The molecule has 2 aliphatic rings. The Labute approximate surface area is 127 Å². The maximum absolute atomic E-state index is 12.4. The summed E-state index contributed by atoms with van der Waals surface area (Å²) in [5.41, 5.74) is 2.73. The average molecular weight is 286 g/mol. The van der Waals surface area contributed by atoms with E-state index in [1.54, 1.807) is 0 Å². The predicted molar refractivity (Wildman–Crippen MR) is 85.0 cm³/mol. The molecule has 0 bridgehead atoms. The molecule has 1 aromatic rings. The lowest BCUT2D eigenvalue weighted by molar-refractivity contribution is -0.132. The summed E-state index contributed by atoms with van der Waals surface area (Å²) in [6, 6.07) is 8.50. The molecule has 3 heteroatoms. The molecule has 1 amide bonds. The molecule has 0 spiro atoms. The van der Waals surface area contributed by atoms with E-state index in [0.717, 1.165) is 38.5 Å². The quantitative estimate of drug-likeness (QED) is 0.853. The van der Waals surface area contributed by atoms with Crippen molar-refractivity contribution in [1.29, 1.82) is 0 Å². The lowest BCUT2D eigenvalue weighted by Crippen LogP contribution is -2.40. The first kappa shape index (κ1) is 14.6. The first-order chi connectivity index (χ1) is 10.2. The first-order valence-corrected chi connectivity index (χ1v) is 8.29.